The average Bonchev–Trinajstić information content (AvgIpc) is 3.30. The largest absolute Gasteiger partial charge is 0.507 e. The van der Waals surface area contributed by atoms with Crippen LogP contribution in [0.2, 0.25) is 0 Å². The molecular formula is C25H24N2O7S. The number of nitrogens with two attached hydrogens (primary N) is 1. The number of aromatic hydroxyl groups is 1. The number of hydrogen-bond donors (Lipinski definition) is 3. The molecular weight excluding hydrogens is 472 g/mol. The zero-order valence-electron chi connectivity index (χ0n) is 19.1. The summed E-state index contributed by atoms with van der Waals surface area (Å²) in [6, 6.07) is 3.89. The first kappa shape index (κ1) is 23.5. The van der Waals surface area contributed by atoms with E-state index in [-0.39, 0.29) is 24.2 Å². The van der Waals surface area contributed by atoms with Crippen molar-refractivity contribution in [1.82, 2.24) is 4.90 Å². The number of benzene rings is 1. The molecule has 6 atom stereocenters. The van der Waals surface area contributed by atoms with Crippen molar-refractivity contribution in [2.75, 3.05) is 14.1 Å². The Bertz CT molecular complexity index is 1300. The smallest absolute Gasteiger partial charge is 0.235 e. The SMILES string of the molecule is CN(C)[C@@H]1C(=O)C(C(N)=O)C(=O)[C@@]2(O)C(=O)C3C(=O)c4c(O)ccc(-c5ccsc5)c4C[C@H]3C[C@@H]12. The van der Waals surface area contributed by atoms with Crippen molar-refractivity contribution in [1.29, 1.82) is 0 Å². The maximum absolute atomic E-state index is 13.8. The molecule has 9 nitrogen and oxygen atoms in total. The van der Waals surface area contributed by atoms with E-state index in [0.29, 0.717) is 5.56 Å². The lowest BCUT2D eigenvalue weighted by atomic mass is 9.52. The minimum absolute atomic E-state index is 0.000274. The number of Topliss-reactive ketones (excluding diaryl/α,β-unsaturated/α-hetero) is 4. The fourth-order valence-corrected chi connectivity index (χ4v) is 6.95. The van der Waals surface area contributed by atoms with E-state index in [1.165, 1.54) is 22.3 Å². The zero-order valence-corrected chi connectivity index (χ0v) is 19.9. The molecule has 0 saturated heterocycles. The van der Waals surface area contributed by atoms with Crippen LogP contribution in [0.25, 0.3) is 11.1 Å². The Morgan fingerprint density at radius 3 is 2.46 bits per heavy atom. The van der Waals surface area contributed by atoms with E-state index in [0.717, 1.165) is 11.1 Å². The second-order valence-corrected chi connectivity index (χ2v) is 10.6. The van der Waals surface area contributed by atoms with Gasteiger partial charge < -0.3 is 15.9 Å². The molecule has 2 aromatic rings. The van der Waals surface area contributed by atoms with Crippen molar-refractivity contribution in [3.8, 4) is 16.9 Å². The fraction of sp³-hybridized carbons (Fsp3) is 0.400. The quantitative estimate of drug-likeness (QED) is 0.522. The number of hydrogen-bond acceptors (Lipinski definition) is 9. The molecule has 5 rings (SSSR count). The maximum Gasteiger partial charge on any atom is 0.235 e. The number of rotatable bonds is 3. The lowest BCUT2D eigenvalue weighted by Gasteiger charge is -2.52. The molecule has 1 aromatic heterocycles. The summed E-state index contributed by atoms with van der Waals surface area (Å²) in [6.07, 6.45) is 0.272. The van der Waals surface area contributed by atoms with Crippen LogP contribution < -0.4 is 5.73 Å². The first-order valence-electron chi connectivity index (χ1n) is 11.2. The van der Waals surface area contributed by atoms with Gasteiger partial charge in [-0.2, -0.15) is 11.3 Å². The number of aliphatic hydroxyl groups is 1. The van der Waals surface area contributed by atoms with E-state index in [1.807, 2.05) is 16.8 Å². The van der Waals surface area contributed by atoms with Gasteiger partial charge in [0, 0.05) is 5.92 Å². The fourth-order valence-electron chi connectivity index (χ4n) is 6.29. The van der Waals surface area contributed by atoms with Crippen molar-refractivity contribution in [2.45, 2.75) is 24.5 Å². The summed E-state index contributed by atoms with van der Waals surface area (Å²) in [4.78, 5) is 67.3. The van der Waals surface area contributed by atoms with Gasteiger partial charge in [0.15, 0.2) is 34.7 Å². The van der Waals surface area contributed by atoms with Crippen LogP contribution in [0.15, 0.2) is 29.0 Å². The number of carbonyl (C=O) groups is 5. The molecule has 0 spiro atoms. The van der Waals surface area contributed by atoms with Crippen LogP contribution >= 0.6 is 11.3 Å². The number of primary amides is 1. The molecule has 4 N–H and O–H groups in total. The third-order valence-electron chi connectivity index (χ3n) is 7.78. The minimum atomic E-state index is -2.71. The van der Waals surface area contributed by atoms with Crippen LogP contribution in [0.4, 0.5) is 0 Å². The van der Waals surface area contributed by atoms with E-state index in [9.17, 15) is 34.2 Å². The van der Waals surface area contributed by atoms with Gasteiger partial charge >= 0.3 is 0 Å². The standard InChI is InChI=1S/C25H24N2O7S/c1-27(2)19-14-8-11-7-13-12(10-5-6-35-9-10)3-4-15(28)17(13)20(29)16(11)22(31)25(14,34)23(32)18(21(19)30)24(26)33/h3-6,9,11,14,16,18-19,28,34H,7-8H2,1-2H3,(H2,26,33)/t11-,14-,16?,18?,19-,25-/m0/s1. The molecule has 0 aliphatic heterocycles. The van der Waals surface area contributed by atoms with Gasteiger partial charge in [-0.15, -0.1) is 0 Å². The van der Waals surface area contributed by atoms with E-state index in [4.69, 9.17) is 5.73 Å². The number of fused-ring (bicyclic) bond motifs is 3. The molecule has 35 heavy (non-hydrogen) atoms. The Balaban J connectivity index is 1.67. The first-order valence-corrected chi connectivity index (χ1v) is 12.2. The Hall–Kier alpha value is -3.21. The van der Waals surface area contributed by atoms with Gasteiger partial charge in [-0.25, -0.2) is 0 Å². The van der Waals surface area contributed by atoms with E-state index >= 15 is 0 Å². The van der Waals surface area contributed by atoms with Crippen LogP contribution in [0.5, 0.6) is 5.75 Å². The summed E-state index contributed by atoms with van der Waals surface area (Å²) in [5, 5.41) is 25.9. The predicted octanol–water partition coefficient (Wildman–Crippen LogP) is 0.596. The summed E-state index contributed by atoms with van der Waals surface area (Å²) in [7, 11) is 3.11. The van der Waals surface area contributed by atoms with E-state index in [1.54, 1.807) is 20.2 Å². The molecule has 2 saturated carbocycles. The van der Waals surface area contributed by atoms with Crippen LogP contribution in [0.3, 0.4) is 0 Å². The summed E-state index contributed by atoms with van der Waals surface area (Å²) in [5.74, 6) is -10.4. The molecule has 1 amide bonds. The number of thiophene rings is 1. The van der Waals surface area contributed by atoms with Crippen molar-refractivity contribution in [3.05, 3.63) is 40.1 Å². The van der Waals surface area contributed by atoms with Gasteiger partial charge in [0.2, 0.25) is 5.91 Å². The Kier molecular flexibility index (Phi) is 5.31. The number of phenols is 1. The molecule has 2 unspecified atom stereocenters. The number of ketones is 4. The lowest BCUT2D eigenvalue weighted by Crippen LogP contribution is -2.74. The van der Waals surface area contributed by atoms with Crippen LogP contribution in [0.1, 0.15) is 22.3 Å². The minimum Gasteiger partial charge on any atom is -0.507 e. The van der Waals surface area contributed by atoms with Gasteiger partial charge in [0.1, 0.15) is 5.75 Å². The molecule has 3 aliphatic carbocycles. The van der Waals surface area contributed by atoms with Crippen LogP contribution in [0, 0.1) is 23.7 Å². The average molecular weight is 497 g/mol. The van der Waals surface area contributed by atoms with Crippen LogP contribution in [-0.4, -0.2) is 69.9 Å². The molecule has 10 heteroatoms. The zero-order chi connectivity index (χ0) is 25.4. The Morgan fingerprint density at radius 2 is 1.86 bits per heavy atom. The van der Waals surface area contributed by atoms with Crippen LogP contribution in [-0.2, 0) is 25.6 Å². The highest BCUT2D eigenvalue weighted by molar-refractivity contribution is 7.08. The van der Waals surface area contributed by atoms with E-state index in [2.05, 4.69) is 0 Å². The second-order valence-electron chi connectivity index (χ2n) is 9.79. The van der Waals surface area contributed by atoms with Gasteiger partial charge in [-0.3, -0.25) is 28.9 Å². The highest BCUT2D eigenvalue weighted by atomic mass is 32.1. The van der Waals surface area contributed by atoms with Crippen molar-refractivity contribution < 1.29 is 34.2 Å². The van der Waals surface area contributed by atoms with Crippen molar-refractivity contribution in [3.63, 3.8) is 0 Å². The number of carbonyl (C=O) groups excluding carboxylic acids is 5. The molecule has 1 aromatic carbocycles. The molecule has 2 fully saturated rings. The summed E-state index contributed by atoms with van der Waals surface area (Å²) in [6.45, 7) is 0. The highest BCUT2D eigenvalue weighted by Crippen LogP contribution is 2.51. The Morgan fingerprint density at radius 1 is 1.14 bits per heavy atom. The summed E-state index contributed by atoms with van der Waals surface area (Å²) in [5.41, 5.74) is 4.83. The summed E-state index contributed by atoms with van der Waals surface area (Å²) < 4.78 is 0. The maximum atomic E-state index is 13.8. The normalized spacial score (nSPS) is 32.3. The predicted molar refractivity (Wildman–Crippen MR) is 125 cm³/mol. The first-order chi connectivity index (χ1) is 16.5. The van der Waals surface area contributed by atoms with Gasteiger partial charge in [0.25, 0.3) is 0 Å². The second kappa shape index (κ2) is 7.91. The molecule has 3 aliphatic rings. The van der Waals surface area contributed by atoms with Crippen molar-refractivity contribution in [2.24, 2.45) is 29.4 Å². The number of likely N-dealkylation sites (N-methyl/N-ethyl adjacent to an activating group) is 1. The van der Waals surface area contributed by atoms with E-state index < -0.39 is 64.4 Å². The summed E-state index contributed by atoms with van der Waals surface area (Å²) >= 11 is 1.48. The van der Waals surface area contributed by atoms with Gasteiger partial charge in [-0.05, 0) is 72.4 Å². The lowest BCUT2D eigenvalue weighted by molar-refractivity contribution is -0.181. The number of amides is 1. The Labute approximate surface area is 204 Å². The highest BCUT2D eigenvalue weighted by Gasteiger charge is 2.69. The molecule has 182 valence electrons. The molecule has 0 bridgehead atoms. The third kappa shape index (κ3) is 3.10. The molecule has 1 heterocycles. The number of nitrogens with zero attached hydrogens (tertiary/aromatic N) is 1. The third-order valence-corrected chi connectivity index (χ3v) is 8.46. The monoisotopic (exact) mass is 496 g/mol. The number of phenolic OH excluding ortho intramolecular Hbond substituents is 1. The van der Waals surface area contributed by atoms with Crippen molar-refractivity contribution >= 4 is 40.4 Å². The molecule has 0 radical (unpaired) electrons. The van der Waals surface area contributed by atoms with Gasteiger partial charge in [-0.1, -0.05) is 6.07 Å². The van der Waals surface area contributed by atoms with Gasteiger partial charge in [0.05, 0.1) is 17.5 Å². The topological polar surface area (TPSA) is 155 Å².